The number of halogens is 2. The molecule has 2 aromatic carbocycles. The maximum atomic E-state index is 13.1. The van der Waals surface area contributed by atoms with Crippen LogP contribution in [0.5, 0.6) is 5.75 Å². The molecule has 0 aromatic heterocycles. The molecule has 0 unspecified atom stereocenters. The monoisotopic (exact) mass is 508 g/mol. The molecule has 2 rings (SSSR count). The van der Waals surface area contributed by atoms with Crippen LogP contribution in [-0.4, -0.2) is 35.9 Å². The number of carbonyl (C=O) groups excluding carboxylic acids is 2. The van der Waals surface area contributed by atoms with Crippen molar-refractivity contribution in [2.24, 2.45) is 0 Å². The first-order chi connectivity index (χ1) is 14.5. The Morgan fingerprint density at radius 1 is 1.16 bits per heavy atom. The van der Waals surface area contributed by atoms with Crippen molar-refractivity contribution in [3.05, 3.63) is 63.1 Å². The van der Waals surface area contributed by atoms with Crippen molar-refractivity contribution in [3.63, 3.8) is 0 Å². The molecule has 31 heavy (non-hydrogen) atoms. The molecule has 0 heterocycles. The second-order valence-corrected chi connectivity index (χ2v) is 9.69. The minimum Gasteiger partial charge on any atom is -0.483 e. The molecule has 0 aliphatic heterocycles. The van der Waals surface area contributed by atoms with E-state index in [1.807, 2.05) is 37.3 Å². The Labute approximate surface area is 198 Å². The number of ether oxygens (including phenoxy) is 1. The molecule has 0 fully saturated rings. The maximum Gasteiger partial charge on any atom is 0.261 e. The normalized spacial score (nSPS) is 12.2. The van der Waals surface area contributed by atoms with E-state index in [4.69, 9.17) is 16.3 Å². The summed E-state index contributed by atoms with van der Waals surface area (Å²) in [6.07, 6.45) is 0. The van der Waals surface area contributed by atoms with Crippen molar-refractivity contribution < 1.29 is 14.3 Å². The number of amides is 2. The minimum atomic E-state index is -0.640. The van der Waals surface area contributed by atoms with E-state index in [0.29, 0.717) is 17.3 Å². The van der Waals surface area contributed by atoms with Gasteiger partial charge in [0.15, 0.2) is 6.61 Å². The van der Waals surface area contributed by atoms with Gasteiger partial charge in [-0.3, -0.25) is 9.59 Å². The van der Waals surface area contributed by atoms with Crippen molar-refractivity contribution >= 4 is 39.3 Å². The zero-order valence-corrected chi connectivity index (χ0v) is 21.0. The van der Waals surface area contributed by atoms with Crippen LogP contribution < -0.4 is 10.1 Å². The molecule has 0 aliphatic carbocycles. The summed E-state index contributed by atoms with van der Waals surface area (Å²) in [7, 11) is 0. The molecule has 0 aliphatic rings. The van der Waals surface area contributed by atoms with Crippen LogP contribution in [0.25, 0.3) is 0 Å². The number of carbonyl (C=O) groups is 2. The molecule has 1 N–H and O–H groups in total. The molecule has 7 heteroatoms. The highest BCUT2D eigenvalue weighted by molar-refractivity contribution is 9.10. The van der Waals surface area contributed by atoms with E-state index >= 15 is 0 Å². The van der Waals surface area contributed by atoms with Gasteiger partial charge in [-0.1, -0.05) is 50.6 Å². The highest BCUT2D eigenvalue weighted by atomic mass is 79.9. The zero-order valence-electron chi connectivity index (χ0n) is 18.7. The maximum absolute atomic E-state index is 13.1. The van der Waals surface area contributed by atoms with Gasteiger partial charge in [0, 0.05) is 18.1 Å². The number of likely N-dealkylation sites (N-methyl/N-ethyl adjacent to an activating group) is 1. The third kappa shape index (κ3) is 7.25. The number of rotatable bonds is 8. The Morgan fingerprint density at radius 2 is 1.81 bits per heavy atom. The predicted molar refractivity (Wildman–Crippen MR) is 128 cm³/mol. The fourth-order valence-electron chi connectivity index (χ4n) is 3.00. The van der Waals surface area contributed by atoms with E-state index in [9.17, 15) is 9.59 Å². The summed E-state index contributed by atoms with van der Waals surface area (Å²) in [5.41, 5.74) is 2.05. The topological polar surface area (TPSA) is 58.6 Å². The smallest absolute Gasteiger partial charge is 0.261 e. The van der Waals surface area contributed by atoms with Gasteiger partial charge in [-0.25, -0.2) is 0 Å². The van der Waals surface area contributed by atoms with E-state index in [1.165, 1.54) is 4.90 Å². The van der Waals surface area contributed by atoms with Gasteiger partial charge in [-0.15, -0.1) is 0 Å². The first-order valence-corrected chi connectivity index (χ1v) is 11.4. The molecule has 0 radical (unpaired) electrons. The number of nitrogens with one attached hydrogen (secondary N) is 1. The zero-order chi connectivity index (χ0) is 23.2. The SMILES string of the molecule is CCNC(=O)[C@@H](C)N(Cc1ccc(Cl)cc1)C(=O)COc1ccc(C(C)(C)C)cc1Br. The first kappa shape index (κ1) is 25.2. The summed E-state index contributed by atoms with van der Waals surface area (Å²) in [5, 5.41) is 3.39. The standard InChI is InChI=1S/C24H30BrClN2O3/c1-6-27-23(30)16(2)28(14-17-7-10-19(26)11-8-17)22(29)15-31-21-12-9-18(13-20(21)25)24(3,4)5/h7-13,16H,6,14-15H2,1-5H3,(H,27,30)/t16-/m1/s1. The average Bonchev–Trinajstić information content (AvgIpc) is 2.71. The van der Waals surface area contributed by atoms with Gasteiger partial charge in [-0.2, -0.15) is 0 Å². The Hall–Kier alpha value is -2.05. The van der Waals surface area contributed by atoms with Crippen molar-refractivity contribution in [1.29, 1.82) is 0 Å². The van der Waals surface area contributed by atoms with Gasteiger partial charge in [-0.05, 0) is 70.6 Å². The fraction of sp³-hybridized carbons (Fsp3) is 0.417. The van der Waals surface area contributed by atoms with E-state index in [1.54, 1.807) is 19.1 Å². The van der Waals surface area contributed by atoms with Crippen LogP contribution in [0.15, 0.2) is 46.9 Å². The van der Waals surface area contributed by atoms with E-state index in [0.717, 1.165) is 15.6 Å². The highest BCUT2D eigenvalue weighted by Crippen LogP contribution is 2.31. The molecule has 0 saturated carbocycles. The lowest BCUT2D eigenvalue weighted by molar-refractivity contribution is -0.142. The summed E-state index contributed by atoms with van der Waals surface area (Å²) in [5.74, 6) is 0.0967. The fourth-order valence-corrected chi connectivity index (χ4v) is 3.62. The quantitative estimate of drug-likeness (QED) is 0.523. The van der Waals surface area contributed by atoms with Crippen molar-refractivity contribution in [3.8, 4) is 5.75 Å². The highest BCUT2D eigenvalue weighted by Gasteiger charge is 2.26. The Kier molecular flexibility index (Phi) is 8.95. The van der Waals surface area contributed by atoms with Crippen LogP contribution >= 0.6 is 27.5 Å². The molecule has 5 nitrogen and oxygen atoms in total. The van der Waals surface area contributed by atoms with Crippen LogP contribution in [0.3, 0.4) is 0 Å². The van der Waals surface area contributed by atoms with Crippen molar-refractivity contribution in [2.45, 2.75) is 52.6 Å². The number of hydrogen-bond acceptors (Lipinski definition) is 3. The molecular formula is C24H30BrClN2O3. The van der Waals surface area contributed by atoms with Crippen molar-refractivity contribution in [1.82, 2.24) is 10.2 Å². The van der Waals surface area contributed by atoms with Crippen LogP contribution in [0.4, 0.5) is 0 Å². The number of hydrogen-bond donors (Lipinski definition) is 1. The predicted octanol–water partition coefficient (Wildman–Crippen LogP) is 5.33. The largest absolute Gasteiger partial charge is 0.483 e. The van der Waals surface area contributed by atoms with E-state index in [-0.39, 0.29) is 30.4 Å². The Bertz CT molecular complexity index is 910. The Morgan fingerprint density at radius 3 is 2.35 bits per heavy atom. The summed E-state index contributed by atoms with van der Waals surface area (Å²) in [6.45, 7) is 10.6. The van der Waals surface area contributed by atoms with Crippen LogP contribution in [0.1, 0.15) is 45.7 Å². The van der Waals surface area contributed by atoms with E-state index in [2.05, 4.69) is 42.0 Å². The first-order valence-electron chi connectivity index (χ1n) is 10.3. The van der Waals surface area contributed by atoms with Gasteiger partial charge in [0.25, 0.3) is 5.91 Å². The van der Waals surface area contributed by atoms with Gasteiger partial charge in [0.05, 0.1) is 4.47 Å². The second kappa shape index (κ2) is 11.0. The van der Waals surface area contributed by atoms with Gasteiger partial charge < -0.3 is 15.0 Å². The number of benzene rings is 2. The molecule has 0 spiro atoms. The molecule has 1 atom stereocenters. The molecule has 0 bridgehead atoms. The van der Waals surface area contributed by atoms with Crippen LogP contribution in [0.2, 0.25) is 5.02 Å². The van der Waals surface area contributed by atoms with Crippen LogP contribution in [0, 0.1) is 0 Å². The molecule has 2 amide bonds. The van der Waals surface area contributed by atoms with Gasteiger partial charge in [0.1, 0.15) is 11.8 Å². The van der Waals surface area contributed by atoms with Crippen LogP contribution in [-0.2, 0) is 21.5 Å². The lowest BCUT2D eigenvalue weighted by Gasteiger charge is -2.28. The van der Waals surface area contributed by atoms with E-state index < -0.39 is 6.04 Å². The third-order valence-electron chi connectivity index (χ3n) is 4.93. The second-order valence-electron chi connectivity index (χ2n) is 8.40. The molecule has 0 saturated heterocycles. The summed E-state index contributed by atoms with van der Waals surface area (Å²) in [4.78, 5) is 27.0. The Balaban J connectivity index is 2.16. The average molecular weight is 510 g/mol. The lowest BCUT2D eigenvalue weighted by Crippen LogP contribution is -2.49. The molecule has 2 aromatic rings. The molecular weight excluding hydrogens is 480 g/mol. The third-order valence-corrected chi connectivity index (χ3v) is 5.81. The molecule has 168 valence electrons. The summed E-state index contributed by atoms with van der Waals surface area (Å²) in [6, 6.07) is 12.4. The summed E-state index contributed by atoms with van der Waals surface area (Å²) >= 11 is 9.50. The van der Waals surface area contributed by atoms with Gasteiger partial charge in [0.2, 0.25) is 5.91 Å². The van der Waals surface area contributed by atoms with Crippen molar-refractivity contribution in [2.75, 3.05) is 13.2 Å². The number of nitrogens with zero attached hydrogens (tertiary/aromatic N) is 1. The lowest BCUT2D eigenvalue weighted by atomic mass is 9.87. The van der Waals surface area contributed by atoms with Gasteiger partial charge >= 0.3 is 0 Å². The summed E-state index contributed by atoms with van der Waals surface area (Å²) < 4.78 is 6.59. The minimum absolute atomic E-state index is 0.00825.